The maximum Gasteiger partial charge on any atom is 0.338 e. The molecular formula is C28H36O4. The highest BCUT2D eigenvalue weighted by Crippen LogP contribution is 2.65. The minimum absolute atomic E-state index is 0.0130. The van der Waals surface area contributed by atoms with Crippen molar-refractivity contribution < 1.29 is 19.1 Å². The Hall–Kier alpha value is -2.10. The van der Waals surface area contributed by atoms with Gasteiger partial charge < -0.3 is 9.47 Å². The van der Waals surface area contributed by atoms with E-state index in [4.69, 9.17) is 9.47 Å². The van der Waals surface area contributed by atoms with Crippen LogP contribution in [0.25, 0.3) is 0 Å². The van der Waals surface area contributed by atoms with E-state index in [1.54, 1.807) is 0 Å². The average molecular weight is 437 g/mol. The third-order valence-corrected chi connectivity index (χ3v) is 9.56. The second-order valence-corrected chi connectivity index (χ2v) is 11.1. The van der Waals surface area contributed by atoms with Gasteiger partial charge in [-0.05, 0) is 80.2 Å². The fraction of sp³-hybridized carbons (Fsp3) is 0.643. The monoisotopic (exact) mass is 436 g/mol. The molecule has 0 bridgehead atoms. The fourth-order valence-electron chi connectivity index (χ4n) is 7.88. The summed E-state index contributed by atoms with van der Waals surface area (Å²) in [6.45, 7) is 6.36. The van der Waals surface area contributed by atoms with Crippen LogP contribution in [0.4, 0.5) is 0 Å². The van der Waals surface area contributed by atoms with E-state index in [0.29, 0.717) is 23.3 Å². The SMILES string of the molecule is CC(=O)O[C@H]1CC[C@@]2(C)C(=CC[C@@H]3[C@H]4CC[C@@H](OC(=O)c5ccccc5)[C@@]4(C)CC[C@H]32)C1. The molecule has 0 radical (unpaired) electrons. The van der Waals surface area contributed by atoms with Crippen molar-refractivity contribution in [3.05, 3.63) is 47.5 Å². The van der Waals surface area contributed by atoms with E-state index in [0.717, 1.165) is 44.9 Å². The van der Waals surface area contributed by atoms with Gasteiger partial charge in [-0.3, -0.25) is 4.79 Å². The minimum Gasteiger partial charge on any atom is -0.462 e. The molecule has 3 fully saturated rings. The van der Waals surface area contributed by atoms with E-state index in [1.807, 2.05) is 30.3 Å². The maximum absolute atomic E-state index is 12.8. The number of ether oxygens (including phenoxy) is 2. The molecule has 0 spiro atoms. The third-order valence-electron chi connectivity index (χ3n) is 9.56. The van der Waals surface area contributed by atoms with Crippen LogP contribution in [-0.4, -0.2) is 24.1 Å². The molecule has 4 heteroatoms. The van der Waals surface area contributed by atoms with E-state index >= 15 is 0 Å². The van der Waals surface area contributed by atoms with Crippen LogP contribution >= 0.6 is 0 Å². The van der Waals surface area contributed by atoms with Gasteiger partial charge in [-0.25, -0.2) is 4.79 Å². The zero-order valence-corrected chi connectivity index (χ0v) is 19.6. The van der Waals surface area contributed by atoms with Gasteiger partial charge in [-0.15, -0.1) is 0 Å². The smallest absolute Gasteiger partial charge is 0.338 e. The van der Waals surface area contributed by atoms with Crippen LogP contribution in [0.15, 0.2) is 42.0 Å². The summed E-state index contributed by atoms with van der Waals surface area (Å²) >= 11 is 0. The number of carbonyl (C=O) groups excluding carboxylic acids is 2. The van der Waals surface area contributed by atoms with Gasteiger partial charge in [-0.2, -0.15) is 0 Å². The van der Waals surface area contributed by atoms with Gasteiger partial charge >= 0.3 is 11.9 Å². The number of allylic oxidation sites excluding steroid dienone is 1. The van der Waals surface area contributed by atoms with Gasteiger partial charge in [0.25, 0.3) is 0 Å². The van der Waals surface area contributed by atoms with Crippen molar-refractivity contribution in [2.24, 2.45) is 28.6 Å². The Balaban J connectivity index is 1.33. The van der Waals surface area contributed by atoms with Crippen LogP contribution in [-0.2, 0) is 14.3 Å². The highest BCUT2D eigenvalue weighted by atomic mass is 16.5. The third kappa shape index (κ3) is 3.50. The van der Waals surface area contributed by atoms with E-state index in [2.05, 4.69) is 19.9 Å². The Morgan fingerprint density at radius 3 is 2.47 bits per heavy atom. The number of hydrogen-bond donors (Lipinski definition) is 0. The molecule has 0 heterocycles. The van der Waals surface area contributed by atoms with Crippen LogP contribution in [0.5, 0.6) is 0 Å². The summed E-state index contributed by atoms with van der Waals surface area (Å²) in [7, 11) is 0. The van der Waals surface area contributed by atoms with Crippen molar-refractivity contribution >= 4 is 11.9 Å². The second-order valence-electron chi connectivity index (χ2n) is 11.1. The Morgan fingerprint density at radius 1 is 0.938 bits per heavy atom. The topological polar surface area (TPSA) is 52.6 Å². The predicted molar refractivity (Wildman–Crippen MR) is 123 cm³/mol. The van der Waals surface area contributed by atoms with Crippen LogP contribution in [0.3, 0.4) is 0 Å². The summed E-state index contributed by atoms with van der Waals surface area (Å²) in [6.07, 6.45) is 11.1. The standard InChI is InChI=1S/C28H36O4/c1-18(29)31-21-13-15-27(2)20(17-21)9-10-22-23-11-12-25(28(23,3)16-14-24(22)27)32-26(30)19-7-5-4-6-8-19/h4-9,21-25H,10-17H2,1-3H3/t21-,22+,23+,24+,25+,27-,28-/m0/s1. The Kier molecular flexibility index (Phi) is 5.46. The van der Waals surface area contributed by atoms with E-state index in [1.165, 1.54) is 18.9 Å². The maximum atomic E-state index is 12.8. The summed E-state index contributed by atoms with van der Waals surface area (Å²) in [5.41, 5.74) is 2.46. The number of hydrogen-bond acceptors (Lipinski definition) is 4. The fourth-order valence-corrected chi connectivity index (χ4v) is 7.88. The van der Waals surface area contributed by atoms with Gasteiger partial charge in [0.15, 0.2) is 0 Å². The molecule has 5 rings (SSSR count). The molecule has 0 amide bonds. The number of esters is 2. The van der Waals surface area contributed by atoms with Crippen LogP contribution in [0.1, 0.15) is 82.5 Å². The molecule has 4 aliphatic rings. The number of fused-ring (bicyclic) bond motifs is 5. The first-order chi connectivity index (χ1) is 15.3. The molecule has 1 aromatic carbocycles. The molecule has 32 heavy (non-hydrogen) atoms. The van der Waals surface area contributed by atoms with Gasteiger partial charge in [0, 0.05) is 18.8 Å². The normalized spacial score (nSPS) is 40.3. The van der Waals surface area contributed by atoms with Crippen molar-refractivity contribution in [3.63, 3.8) is 0 Å². The zero-order chi connectivity index (χ0) is 22.5. The van der Waals surface area contributed by atoms with Gasteiger partial charge in [0.05, 0.1) is 5.56 Å². The molecule has 7 atom stereocenters. The predicted octanol–water partition coefficient (Wildman–Crippen LogP) is 6.11. The van der Waals surface area contributed by atoms with E-state index in [-0.39, 0.29) is 35.0 Å². The number of carbonyl (C=O) groups is 2. The first-order valence-corrected chi connectivity index (χ1v) is 12.4. The van der Waals surface area contributed by atoms with Crippen LogP contribution < -0.4 is 0 Å². The van der Waals surface area contributed by atoms with Crippen LogP contribution in [0.2, 0.25) is 0 Å². The Bertz CT molecular complexity index is 921. The Labute approximate surface area is 191 Å². The molecule has 0 aliphatic heterocycles. The molecular weight excluding hydrogens is 400 g/mol. The summed E-state index contributed by atoms with van der Waals surface area (Å²) in [6, 6.07) is 9.40. The first kappa shape index (κ1) is 21.7. The number of benzene rings is 1. The summed E-state index contributed by atoms with van der Waals surface area (Å²) in [5.74, 6) is 1.61. The average Bonchev–Trinajstić information content (AvgIpc) is 3.10. The lowest BCUT2D eigenvalue weighted by molar-refractivity contribution is -0.148. The molecule has 0 unspecified atom stereocenters. The summed E-state index contributed by atoms with van der Waals surface area (Å²) < 4.78 is 11.7. The molecule has 0 aromatic heterocycles. The van der Waals surface area contributed by atoms with Crippen LogP contribution in [0, 0.1) is 28.6 Å². The van der Waals surface area contributed by atoms with Gasteiger partial charge in [-0.1, -0.05) is 43.7 Å². The summed E-state index contributed by atoms with van der Waals surface area (Å²) in [4.78, 5) is 24.2. The quantitative estimate of drug-likeness (QED) is 0.424. The van der Waals surface area contributed by atoms with Gasteiger partial charge in [0.1, 0.15) is 12.2 Å². The molecule has 4 nitrogen and oxygen atoms in total. The van der Waals surface area contributed by atoms with Crippen molar-refractivity contribution in [3.8, 4) is 0 Å². The van der Waals surface area contributed by atoms with Crippen molar-refractivity contribution in [1.29, 1.82) is 0 Å². The van der Waals surface area contributed by atoms with Crippen molar-refractivity contribution in [1.82, 2.24) is 0 Å². The molecule has 0 saturated heterocycles. The lowest BCUT2D eigenvalue weighted by Gasteiger charge is -2.57. The second kappa shape index (κ2) is 8.04. The number of rotatable bonds is 3. The first-order valence-electron chi connectivity index (χ1n) is 12.4. The minimum atomic E-state index is -0.179. The van der Waals surface area contributed by atoms with E-state index in [9.17, 15) is 9.59 Å². The molecule has 172 valence electrons. The Morgan fingerprint density at radius 2 is 1.72 bits per heavy atom. The molecule has 3 saturated carbocycles. The highest BCUT2D eigenvalue weighted by Gasteiger charge is 2.59. The van der Waals surface area contributed by atoms with E-state index < -0.39 is 0 Å². The van der Waals surface area contributed by atoms with Crippen molar-refractivity contribution in [2.75, 3.05) is 0 Å². The van der Waals surface area contributed by atoms with Crippen molar-refractivity contribution in [2.45, 2.75) is 84.3 Å². The summed E-state index contributed by atoms with van der Waals surface area (Å²) in [5, 5.41) is 0. The zero-order valence-electron chi connectivity index (χ0n) is 19.6. The van der Waals surface area contributed by atoms with Gasteiger partial charge in [0.2, 0.25) is 0 Å². The molecule has 4 aliphatic carbocycles. The largest absolute Gasteiger partial charge is 0.462 e. The molecule has 1 aromatic rings. The highest BCUT2D eigenvalue weighted by molar-refractivity contribution is 5.89. The lowest BCUT2D eigenvalue weighted by atomic mass is 9.48. The molecule has 0 N–H and O–H groups in total. The lowest BCUT2D eigenvalue weighted by Crippen LogP contribution is -2.51.